The van der Waals surface area contributed by atoms with Crippen LogP contribution in [0.2, 0.25) is 0 Å². The number of pyridine rings is 1. The number of hydrogen-bond donors (Lipinski definition) is 1. The van der Waals surface area contributed by atoms with Crippen LogP contribution in [0.3, 0.4) is 0 Å². The van der Waals surface area contributed by atoms with E-state index in [1.807, 2.05) is 36.7 Å². The van der Waals surface area contributed by atoms with Gasteiger partial charge in [-0.1, -0.05) is 6.07 Å². The molecule has 0 saturated carbocycles. The Morgan fingerprint density at radius 2 is 1.65 bits per heavy atom. The number of nitrogens with zero attached hydrogens (tertiary/aromatic N) is 1. The van der Waals surface area contributed by atoms with Gasteiger partial charge in [0.05, 0.1) is 0 Å². The fourth-order valence-corrected chi connectivity index (χ4v) is 2.40. The van der Waals surface area contributed by atoms with Gasteiger partial charge >= 0.3 is 0 Å². The number of nitrogens with one attached hydrogen (secondary N) is 1. The molecule has 20 heavy (non-hydrogen) atoms. The molecule has 1 aromatic carbocycles. The minimum Gasteiger partial charge on any atom is -0.454 e. The lowest BCUT2D eigenvalue weighted by Gasteiger charge is -2.20. The third-order valence-corrected chi connectivity index (χ3v) is 3.60. The van der Waals surface area contributed by atoms with Gasteiger partial charge in [0.25, 0.3) is 0 Å². The second-order valence-electron chi connectivity index (χ2n) is 5.00. The Labute approximate surface area is 118 Å². The van der Waals surface area contributed by atoms with E-state index < -0.39 is 0 Å². The molecule has 0 spiro atoms. The van der Waals surface area contributed by atoms with Crippen molar-refractivity contribution >= 4 is 0 Å². The van der Waals surface area contributed by atoms with Crippen LogP contribution in [0.25, 0.3) is 0 Å². The molecule has 0 radical (unpaired) electrons. The summed E-state index contributed by atoms with van der Waals surface area (Å²) in [4.78, 5) is 4.05. The van der Waals surface area contributed by atoms with Gasteiger partial charge in [0.2, 0.25) is 6.79 Å². The van der Waals surface area contributed by atoms with E-state index in [4.69, 9.17) is 9.47 Å². The first-order chi connectivity index (χ1) is 9.74. The molecule has 0 saturated heterocycles. The first-order valence-electron chi connectivity index (χ1n) is 6.79. The molecular weight excluding hydrogens is 252 g/mol. The predicted molar refractivity (Wildman–Crippen MR) is 76.8 cm³/mol. The van der Waals surface area contributed by atoms with E-state index in [0.29, 0.717) is 6.79 Å². The lowest BCUT2D eigenvalue weighted by atomic mass is 10.0. The largest absolute Gasteiger partial charge is 0.454 e. The second-order valence-corrected chi connectivity index (χ2v) is 5.00. The Balaban J connectivity index is 1.71. The van der Waals surface area contributed by atoms with Gasteiger partial charge < -0.3 is 14.8 Å². The molecule has 1 aromatic heterocycles. The normalized spacial score (nSPS) is 15.9. The number of rotatable bonds is 4. The summed E-state index contributed by atoms with van der Waals surface area (Å²) in [5.41, 5.74) is 2.42. The van der Waals surface area contributed by atoms with Gasteiger partial charge in [-0.3, -0.25) is 4.98 Å². The number of hydrogen-bond acceptors (Lipinski definition) is 4. The van der Waals surface area contributed by atoms with Crippen molar-refractivity contribution in [2.24, 2.45) is 0 Å². The van der Waals surface area contributed by atoms with Crippen LogP contribution in [0.5, 0.6) is 11.5 Å². The maximum Gasteiger partial charge on any atom is 0.231 e. The van der Waals surface area contributed by atoms with E-state index in [1.54, 1.807) is 0 Å². The van der Waals surface area contributed by atoms with E-state index in [9.17, 15) is 0 Å². The SMILES string of the molecule is CC(NC(C)c1ccc2c(c1)OCO2)c1ccncc1. The highest BCUT2D eigenvalue weighted by molar-refractivity contribution is 5.45. The van der Waals surface area contributed by atoms with Crippen molar-refractivity contribution in [2.75, 3.05) is 6.79 Å². The molecule has 4 nitrogen and oxygen atoms in total. The molecule has 1 aliphatic heterocycles. The van der Waals surface area contributed by atoms with E-state index in [-0.39, 0.29) is 12.1 Å². The zero-order valence-corrected chi connectivity index (χ0v) is 11.7. The molecule has 0 amide bonds. The minimum absolute atomic E-state index is 0.229. The highest BCUT2D eigenvalue weighted by Crippen LogP contribution is 2.34. The summed E-state index contributed by atoms with van der Waals surface area (Å²) in [5.74, 6) is 1.65. The van der Waals surface area contributed by atoms with E-state index in [2.05, 4.69) is 30.2 Å². The molecule has 104 valence electrons. The topological polar surface area (TPSA) is 43.4 Å². The smallest absolute Gasteiger partial charge is 0.231 e. The summed E-state index contributed by atoms with van der Waals surface area (Å²) < 4.78 is 10.8. The summed E-state index contributed by atoms with van der Waals surface area (Å²) in [5, 5.41) is 3.58. The van der Waals surface area contributed by atoms with Crippen molar-refractivity contribution in [3.63, 3.8) is 0 Å². The van der Waals surface area contributed by atoms with E-state index >= 15 is 0 Å². The van der Waals surface area contributed by atoms with Crippen molar-refractivity contribution in [3.05, 3.63) is 53.9 Å². The van der Waals surface area contributed by atoms with Crippen LogP contribution in [0.15, 0.2) is 42.7 Å². The standard InChI is InChI=1S/C16H18N2O2/c1-11(13-5-7-17-8-6-13)18-12(2)14-3-4-15-16(9-14)20-10-19-15/h3-9,11-12,18H,10H2,1-2H3. The second kappa shape index (κ2) is 5.51. The average Bonchev–Trinajstić information content (AvgIpc) is 2.95. The number of benzene rings is 1. The van der Waals surface area contributed by atoms with Crippen LogP contribution in [-0.4, -0.2) is 11.8 Å². The Morgan fingerprint density at radius 3 is 2.45 bits per heavy atom. The third kappa shape index (κ3) is 2.60. The molecule has 4 heteroatoms. The van der Waals surface area contributed by atoms with Crippen molar-refractivity contribution in [3.8, 4) is 11.5 Å². The van der Waals surface area contributed by atoms with Gasteiger partial charge in [0.1, 0.15) is 0 Å². The Bertz CT molecular complexity index is 586. The highest BCUT2D eigenvalue weighted by Gasteiger charge is 2.17. The number of fused-ring (bicyclic) bond motifs is 1. The summed E-state index contributed by atoms with van der Waals surface area (Å²) in [6, 6.07) is 10.6. The van der Waals surface area contributed by atoms with Crippen LogP contribution >= 0.6 is 0 Å². The molecule has 1 aliphatic rings. The minimum atomic E-state index is 0.229. The third-order valence-electron chi connectivity index (χ3n) is 3.60. The van der Waals surface area contributed by atoms with Crippen LogP contribution in [0, 0.1) is 0 Å². The Hall–Kier alpha value is -2.07. The van der Waals surface area contributed by atoms with Gasteiger partial charge in [-0.2, -0.15) is 0 Å². The van der Waals surface area contributed by atoms with Gasteiger partial charge in [-0.15, -0.1) is 0 Å². The molecule has 2 heterocycles. The zero-order chi connectivity index (χ0) is 13.9. The number of aromatic nitrogens is 1. The van der Waals surface area contributed by atoms with Gasteiger partial charge in [0.15, 0.2) is 11.5 Å². The monoisotopic (exact) mass is 270 g/mol. The zero-order valence-electron chi connectivity index (χ0n) is 11.7. The molecule has 2 unspecified atom stereocenters. The van der Waals surface area contributed by atoms with Gasteiger partial charge in [-0.05, 0) is 49.2 Å². The number of ether oxygens (including phenoxy) is 2. The molecule has 0 aliphatic carbocycles. The molecule has 2 aromatic rings. The molecule has 3 rings (SSSR count). The van der Waals surface area contributed by atoms with Gasteiger partial charge in [0, 0.05) is 24.5 Å². The van der Waals surface area contributed by atoms with Crippen LogP contribution < -0.4 is 14.8 Å². The summed E-state index contributed by atoms with van der Waals surface area (Å²) in [7, 11) is 0. The summed E-state index contributed by atoms with van der Waals surface area (Å²) in [6.45, 7) is 4.61. The molecule has 1 N–H and O–H groups in total. The maximum absolute atomic E-state index is 5.42. The predicted octanol–water partition coefficient (Wildman–Crippen LogP) is 3.22. The Morgan fingerprint density at radius 1 is 0.950 bits per heavy atom. The van der Waals surface area contributed by atoms with E-state index in [1.165, 1.54) is 11.1 Å². The average molecular weight is 270 g/mol. The molecule has 0 fully saturated rings. The summed E-state index contributed by atoms with van der Waals surface area (Å²) >= 11 is 0. The quantitative estimate of drug-likeness (QED) is 0.926. The van der Waals surface area contributed by atoms with Crippen LogP contribution in [0.1, 0.15) is 37.1 Å². The maximum atomic E-state index is 5.42. The summed E-state index contributed by atoms with van der Waals surface area (Å²) in [6.07, 6.45) is 3.64. The van der Waals surface area contributed by atoms with E-state index in [0.717, 1.165) is 11.5 Å². The van der Waals surface area contributed by atoms with Crippen molar-refractivity contribution in [2.45, 2.75) is 25.9 Å². The Kier molecular flexibility index (Phi) is 3.56. The van der Waals surface area contributed by atoms with Crippen LogP contribution in [0.4, 0.5) is 0 Å². The van der Waals surface area contributed by atoms with Crippen molar-refractivity contribution in [1.82, 2.24) is 10.3 Å². The lowest BCUT2D eigenvalue weighted by molar-refractivity contribution is 0.174. The van der Waals surface area contributed by atoms with Crippen molar-refractivity contribution < 1.29 is 9.47 Å². The first kappa shape index (κ1) is 12.9. The fraction of sp³-hybridized carbons (Fsp3) is 0.312. The highest BCUT2D eigenvalue weighted by atomic mass is 16.7. The van der Waals surface area contributed by atoms with Crippen molar-refractivity contribution in [1.29, 1.82) is 0 Å². The van der Waals surface area contributed by atoms with Crippen LogP contribution in [-0.2, 0) is 0 Å². The van der Waals surface area contributed by atoms with Gasteiger partial charge in [-0.25, -0.2) is 0 Å². The molecular formula is C16H18N2O2. The fourth-order valence-electron chi connectivity index (χ4n) is 2.40. The lowest BCUT2D eigenvalue weighted by Crippen LogP contribution is -2.22. The molecule has 2 atom stereocenters. The molecule has 0 bridgehead atoms. The first-order valence-corrected chi connectivity index (χ1v) is 6.79.